The van der Waals surface area contributed by atoms with Crippen LogP contribution in [0.1, 0.15) is 69.9 Å². The van der Waals surface area contributed by atoms with Gasteiger partial charge in [0, 0.05) is 0 Å². The van der Waals surface area contributed by atoms with Crippen molar-refractivity contribution in [3.8, 4) is 0 Å². The largest absolute Gasteiger partial charge is 0.387 e. The molecule has 1 unspecified atom stereocenters. The van der Waals surface area contributed by atoms with Crippen LogP contribution in [0.3, 0.4) is 0 Å². The van der Waals surface area contributed by atoms with E-state index in [-0.39, 0.29) is 25.2 Å². The maximum Gasteiger partial charge on any atom is 0.387 e. The van der Waals surface area contributed by atoms with Crippen LogP contribution in [0.15, 0.2) is 30.3 Å². The fourth-order valence-corrected chi connectivity index (χ4v) is 4.07. The molecular weight excluding hydrogens is 381 g/mol. The van der Waals surface area contributed by atoms with Crippen molar-refractivity contribution in [1.82, 2.24) is 0 Å². The van der Waals surface area contributed by atoms with Crippen molar-refractivity contribution in [3.63, 3.8) is 0 Å². The molecule has 0 spiro atoms. The number of allylic oxidation sites excluding steroid dienone is 2. The highest BCUT2D eigenvalue weighted by molar-refractivity contribution is 5.66. The molecular formula is C23H31F3O3. The Morgan fingerprint density at radius 3 is 2.34 bits per heavy atom. The molecule has 0 saturated carbocycles. The van der Waals surface area contributed by atoms with Gasteiger partial charge in [-0.3, -0.25) is 4.74 Å². The molecule has 162 valence electrons. The molecule has 2 aliphatic rings. The number of rotatable bonds is 8. The average molecular weight is 412 g/mol. The van der Waals surface area contributed by atoms with E-state index in [1.807, 2.05) is 6.92 Å². The Balaban J connectivity index is 1.58. The summed E-state index contributed by atoms with van der Waals surface area (Å²) in [5.41, 5.74) is 0.253. The normalized spacial score (nSPS) is 28.2. The van der Waals surface area contributed by atoms with Crippen LogP contribution in [0, 0.1) is 5.92 Å². The third-order valence-corrected chi connectivity index (χ3v) is 5.71. The van der Waals surface area contributed by atoms with Crippen LogP contribution < -0.4 is 0 Å². The molecule has 1 aliphatic carbocycles. The zero-order chi connectivity index (χ0) is 20.9. The predicted octanol–water partition coefficient (Wildman–Crippen LogP) is 6.57. The van der Waals surface area contributed by atoms with Gasteiger partial charge in [-0.25, -0.2) is 4.39 Å². The van der Waals surface area contributed by atoms with Gasteiger partial charge in [0.1, 0.15) is 0 Å². The van der Waals surface area contributed by atoms with Crippen LogP contribution in [-0.2, 0) is 20.3 Å². The Morgan fingerprint density at radius 2 is 1.79 bits per heavy atom. The van der Waals surface area contributed by atoms with Crippen LogP contribution >= 0.6 is 0 Å². The molecule has 29 heavy (non-hydrogen) atoms. The van der Waals surface area contributed by atoms with E-state index in [1.54, 1.807) is 12.1 Å². The summed E-state index contributed by atoms with van der Waals surface area (Å²) in [7, 11) is 0. The minimum Gasteiger partial charge on any atom is -0.326 e. The number of ether oxygens (including phenoxy) is 3. The first kappa shape index (κ1) is 22.3. The standard InChI is InChI=1S/C23H31F3O3/c1-3-5-17-6-8-18(9-7-17)19-10-12-20(13-11-19)23(25,26)29-21-27-15-22(24,14-4-2)16-28-21/h8,10-13,17,21H,3-7,9,14-16H2,1-2H3. The monoisotopic (exact) mass is 412 g/mol. The SMILES string of the molecule is CCCC1CC=C(c2ccc(C(F)(F)OC3OCC(F)(CCC)CO3)cc2)CC1. The second-order valence-electron chi connectivity index (χ2n) is 8.18. The first-order valence-electron chi connectivity index (χ1n) is 10.6. The summed E-state index contributed by atoms with van der Waals surface area (Å²) < 4.78 is 58.1. The van der Waals surface area contributed by atoms with Gasteiger partial charge < -0.3 is 9.47 Å². The van der Waals surface area contributed by atoms with Crippen molar-refractivity contribution in [2.75, 3.05) is 13.2 Å². The van der Waals surface area contributed by atoms with Crippen molar-refractivity contribution in [1.29, 1.82) is 0 Å². The van der Waals surface area contributed by atoms with Crippen LogP contribution in [-0.4, -0.2) is 25.4 Å². The Kier molecular flexibility index (Phi) is 7.41. The van der Waals surface area contributed by atoms with E-state index in [0.717, 1.165) is 30.7 Å². The number of halogens is 3. The highest BCUT2D eigenvalue weighted by Gasteiger charge is 2.42. The van der Waals surface area contributed by atoms with Gasteiger partial charge in [0.25, 0.3) is 6.48 Å². The van der Waals surface area contributed by atoms with E-state index in [1.165, 1.54) is 30.5 Å². The molecule has 0 radical (unpaired) electrons. The Hall–Kier alpha value is -1.37. The molecule has 6 heteroatoms. The third kappa shape index (κ3) is 5.83. The van der Waals surface area contributed by atoms with Crippen LogP contribution in [0.25, 0.3) is 5.57 Å². The average Bonchev–Trinajstić information content (AvgIpc) is 2.71. The Labute approximate surface area is 171 Å². The third-order valence-electron chi connectivity index (χ3n) is 5.71. The van der Waals surface area contributed by atoms with Gasteiger partial charge in [0.2, 0.25) is 0 Å². The van der Waals surface area contributed by atoms with Gasteiger partial charge in [-0.05, 0) is 54.9 Å². The maximum absolute atomic E-state index is 14.5. The maximum atomic E-state index is 14.5. The van der Waals surface area contributed by atoms with E-state index < -0.39 is 18.3 Å². The molecule has 0 aromatic heterocycles. The molecule has 0 amide bonds. The number of alkyl halides is 3. The molecule has 1 fully saturated rings. The summed E-state index contributed by atoms with van der Waals surface area (Å²) in [6, 6.07) is 6.14. The van der Waals surface area contributed by atoms with Gasteiger partial charge >= 0.3 is 6.11 Å². The molecule has 1 saturated heterocycles. The van der Waals surface area contributed by atoms with Crippen LogP contribution in [0.5, 0.6) is 0 Å². The molecule has 0 bridgehead atoms. The van der Waals surface area contributed by atoms with Gasteiger partial charge in [0.15, 0.2) is 5.67 Å². The lowest BCUT2D eigenvalue weighted by atomic mass is 9.84. The summed E-state index contributed by atoms with van der Waals surface area (Å²) in [5, 5.41) is 0. The quantitative estimate of drug-likeness (QED) is 0.483. The predicted molar refractivity (Wildman–Crippen MR) is 106 cm³/mol. The Morgan fingerprint density at radius 1 is 1.10 bits per heavy atom. The number of hydrogen-bond acceptors (Lipinski definition) is 3. The molecule has 1 aliphatic heterocycles. The zero-order valence-corrected chi connectivity index (χ0v) is 17.3. The Bertz CT molecular complexity index is 679. The molecule has 3 rings (SSSR count). The minimum atomic E-state index is -3.59. The second-order valence-corrected chi connectivity index (χ2v) is 8.18. The summed E-state index contributed by atoms with van der Waals surface area (Å²) in [6.07, 6.45) is 5.12. The highest BCUT2D eigenvalue weighted by atomic mass is 19.3. The summed E-state index contributed by atoms with van der Waals surface area (Å²) >= 11 is 0. The van der Waals surface area contributed by atoms with Gasteiger partial charge in [0.05, 0.1) is 18.8 Å². The van der Waals surface area contributed by atoms with E-state index >= 15 is 0 Å². The van der Waals surface area contributed by atoms with Crippen LogP contribution in [0.2, 0.25) is 0 Å². The molecule has 0 N–H and O–H groups in total. The van der Waals surface area contributed by atoms with Gasteiger partial charge in [-0.15, -0.1) is 0 Å². The van der Waals surface area contributed by atoms with Crippen molar-refractivity contribution < 1.29 is 27.4 Å². The molecule has 3 nitrogen and oxygen atoms in total. The first-order chi connectivity index (χ1) is 13.8. The summed E-state index contributed by atoms with van der Waals surface area (Å²) in [6.45, 7) is 1.83. The zero-order valence-electron chi connectivity index (χ0n) is 17.3. The van der Waals surface area contributed by atoms with Crippen molar-refractivity contribution in [3.05, 3.63) is 41.5 Å². The number of hydrogen-bond donors (Lipinski definition) is 0. The lowest BCUT2D eigenvalue weighted by Crippen LogP contribution is -2.46. The van der Waals surface area contributed by atoms with E-state index in [0.29, 0.717) is 6.42 Å². The first-order valence-corrected chi connectivity index (χ1v) is 10.6. The molecule has 1 aromatic carbocycles. The molecule has 1 aromatic rings. The van der Waals surface area contributed by atoms with E-state index in [2.05, 4.69) is 13.0 Å². The topological polar surface area (TPSA) is 27.7 Å². The summed E-state index contributed by atoms with van der Waals surface area (Å²) in [5.74, 6) is 0.733. The molecule has 1 atom stereocenters. The van der Waals surface area contributed by atoms with Crippen molar-refractivity contribution in [2.24, 2.45) is 5.92 Å². The van der Waals surface area contributed by atoms with Gasteiger partial charge in [-0.1, -0.05) is 51.3 Å². The van der Waals surface area contributed by atoms with E-state index in [4.69, 9.17) is 14.2 Å². The summed E-state index contributed by atoms with van der Waals surface area (Å²) in [4.78, 5) is 0. The number of benzene rings is 1. The fraction of sp³-hybridized carbons (Fsp3) is 0.652. The smallest absolute Gasteiger partial charge is 0.326 e. The minimum absolute atomic E-state index is 0.257. The fourth-order valence-electron chi connectivity index (χ4n) is 4.07. The molecule has 1 heterocycles. The van der Waals surface area contributed by atoms with Crippen molar-refractivity contribution in [2.45, 2.75) is 77.0 Å². The van der Waals surface area contributed by atoms with Gasteiger partial charge in [-0.2, -0.15) is 8.78 Å². The highest BCUT2D eigenvalue weighted by Crippen LogP contribution is 2.36. The lowest BCUT2D eigenvalue weighted by molar-refractivity contribution is -0.419. The van der Waals surface area contributed by atoms with Crippen LogP contribution in [0.4, 0.5) is 13.2 Å². The van der Waals surface area contributed by atoms with Crippen molar-refractivity contribution >= 4 is 5.57 Å². The second kappa shape index (κ2) is 9.63. The lowest BCUT2D eigenvalue weighted by Gasteiger charge is -2.35. The van der Waals surface area contributed by atoms with E-state index in [9.17, 15) is 13.2 Å².